The van der Waals surface area contributed by atoms with Gasteiger partial charge in [0.05, 0.1) is 0 Å². The second kappa shape index (κ2) is 8.35. The van der Waals surface area contributed by atoms with E-state index in [1.54, 1.807) is 30.3 Å². The Morgan fingerprint density at radius 1 is 1.10 bits per heavy atom. The quantitative estimate of drug-likeness (QED) is 0.507. The van der Waals surface area contributed by atoms with Gasteiger partial charge >= 0.3 is 5.69 Å². The molecule has 0 saturated heterocycles. The monoisotopic (exact) mass is 435 g/mol. The predicted octanol–water partition coefficient (Wildman–Crippen LogP) is 4.28. The number of hydrogen-bond donors (Lipinski definition) is 1. The minimum absolute atomic E-state index is 0.203. The third-order valence-corrected chi connectivity index (χ3v) is 5.21. The van der Waals surface area contributed by atoms with Gasteiger partial charge in [-0.25, -0.2) is 18.9 Å². The maximum atomic E-state index is 13.0. The Kier molecular flexibility index (Phi) is 5.61. The first-order chi connectivity index (χ1) is 14.8. The summed E-state index contributed by atoms with van der Waals surface area (Å²) in [5.41, 5.74) is 3.30. The molecule has 31 heavy (non-hydrogen) atoms. The van der Waals surface area contributed by atoms with E-state index in [0.29, 0.717) is 33.8 Å². The van der Waals surface area contributed by atoms with Crippen LogP contribution < -0.4 is 11.0 Å². The van der Waals surface area contributed by atoms with Crippen molar-refractivity contribution in [3.05, 3.63) is 81.4 Å². The van der Waals surface area contributed by atoms with Gasteiger partial charge in [-0.1, -0.05) is 37.6 Å². The molecule has 0 unspecified atom stereocenters. The second-order valence-electron chi connectivity index (χ2n) is 7.69. The summed E-state index contributed by atoms with van der Waals surface area (Å²) in [4.78, 5) is 30.1. The fraction of sp³-hybridized carbons (Fsp3) is 0.217. The number of nitrogens with one attached hydrogen (secondary N) is 1. The topological polar surface area (TPSA) is 81.3 Å². The van der Waals surface area contributed by atoms with E-state index in [2.05, 4.69) is 29.2 Å². The van der Waals surface area contributed by atoms with Crippen molar-refractivity contribution in [1.82, 2.24) is 19.2 Å². The standard InChI is InChI=1S/C23H22ClN5O2/c1-14(2)16-6-10-19(11-7-16)26-21(30)13-28-23(31)29-20(27-28)12-15(3)25-22(29)17-4-8-18(24)9-5-17/h4-12,14H,13H2,1-3H3,(H,26,30). The van der Waals surface area contributed by atoms with Crippen molar-refractivity contribution in [2.24, 2.45) is 0 Å². The summed E-state index contributed by atoms with van der Waals surface area (Å²) in [7, 11) is 0. The van der Waals surface area contributed by atoms with Crippen LogP contribution in [0, 0.1) is 6.92 Å². The Morgan fingerprint density at radius 3 is 2.42 bits per heavy atom. The van der Waals surface area contributed by atoms with Crippen LogP contribution in [0.1, 0.15) is 31.0 Å². The van der Waals surface area contributed by atoms with Gasteiger partial charge in [0.1, 0.15) is 12.4 Å². The van der Waals surface area contributed by atoms with Crippen molar-refractivity contribution >= 4 is 28.8 Å². The van der Waals surface area contributed by atoms with Crippen molar-refractivity contribution in [2.45, 2.75) is 33.2 Å². The number of halogens is 1. The van der Waals surface area contributed by atoms with Crippen LogP contribution in [0.5, 0.6) is 0 Å². The number of anilines is 1. The Bertz CT molecular complexity index is 1310. The number of carbonyl (C=O) groups is 1. The normalized spacial score (nSPS) is 11.3. The lowest BCUT2D eigenvalue weighted by Crippen LogP contribution is -2.28. The molecule has 158 valence electrons. The molecule has 0 aliphatic rings. The lowest BCUT2D eigenvalue weighted by atomic mass is 10.0. The fourth-order valence-electron chi connectivity index (χ4n) is 3.34. The molecule has 7 nitrogen and oxygen atoms in total. The van der Waals surface area contributed by atoms with Gasteiger partial charge in [-0.2, -0.15) is 0 Å². The number of aromatic nitrogens is 4. The summed E-state index contributed by atoms with van der Waals surface area (Å²) in [5, 5.41) is 7.74. The number of fused-ring (bicyclic) bond motifs is 1. The predicted molar refractivity (Wildman–Crippen MR) is 122 cm³/mol. The highest BCUT2D eigenvalue weighted by molar-refractivity contribution is 6.30. The molecule has 0 aliphatic heterocycles. The molecule has 2 aromatic heterocycles. The lowest BCUT2D eigenvalue weighted by Gasteiger charge is -2.08. The highest BCUT2D eigenvalue weighted by atomic mass is 35.5. The molecule has 2 aromatic carbocycles. The number of nitrogens with zero attached hydrogens (tertiary/aromatic N) is 4. The average molecular weight is 436 g/mol. The van der Waals surface area contributed by atoms with E-state index in [0.717, 1.165) is 10.2 Å². The van der Waals surface area contributed by atoms with E-state index >= 15 is 0 Å². The molecule has 0 radical (unpaired) electrons. The number of amides is 1. The molecule has 1 N–H and O–H groups in total. The Labute approximate surface area is 184 Å². The molecule has 0 bridgehead atoms. The summed E-state index contributed by atoms with van der Waals surface area (Å²) in [6.07, 6.45) is 0. The van der Waals surface area contributed by atoms with E-state index < -0.39 is 5.69 Å². The minimum Gasteiger partial charge on any atom is -0.324 e. The lowest BCUT2D eigenvalue weighted by molar-refractivity contribution is -0.117. The van der Waals surface area contributed by atoms with Crippen molar-refractivity contribution in [2.75, 3.05) is 5.32 Å². The van der Waals surface area contributed by atoms with Crippen molar-refractivity contribution in [1.29, 1.82) is 0 Å². The van der Waals surface area contributed by atoms with Gasteiger partial charge in [0, 0.05) is 28.0 Å². The maximum Gasteiger partial charge on any atom is 0.352 e. The molecule has 0 aliphatic carbocycles. The summed E-state index contributed by atoms with van der Waals surface area (Å²) in [5.74, 6) is 0.529. The Hall–Kier alpha value is -3.45. The Morgan fingerprint density at radius 2 is 1.77 bits per heavy atom. The van der Waals surface area contributed by atoms with Crippen LogP contribution in [0.3, 0.4) is 0 Å². The van der Waals surface area contributed by atoms with Gasteiger partial charge in [0.2, 0.25) is 5.91 Å². The molecular formula is C23H22ClN5O2. The molecule has 0 saturated carbocycles. The average Bonchev–Trinajstić information content (AvgIpc) is 3.03. The highest BCUT2D eigenvalue weighted by Gasteiger charge is 2.16. The van der Waals surface area contributed by atoms with Gasteiger partial charge < -0.3 is 5.32 Å². The van der Waals surface area contributed by atoms with Gasteiger partial charge in [-0.3, -0.25) is 4.79 Å². The van der Waals surface area contributed by atoms with Crippen LogP contribution in [0.15, 0.2) is 59.4 Å². The van der Waals surface area contributed by atoms with E-state index in [-0.39, 0.29) is 12.5 Å². The van der Waals surface area contributed by atoms with Gasteiger partial charge in [-0.05, 0) is 54.8 Å². The van der Waals surface area contributed by atoms with Gasteiger partial charge in [-0.15, -0.1) is 5.10 Å². The molecular weight excluding hydrogens is 414 g/mol. The first-order valence-electron chi connectivity index (χ1n) is 9.95. The van der Waals surface area contributed by atoms with E-state index in [9.17, 15) is 9.59 Å². The highest BCUT2D eigenvalue weighted by Crippen LogP contribution is 2.21. The van der Waals surface area contributed by atoms with Crippen LogP contribution in [0.2, 0.25) is 5.02 Å². The number of benzene rings is 2. The third kappa shape index (κ3) is 4.36. The fourth-order valence-corrected chi connectivity index (χ4v) is 3.46. The zero-order chi connectivity index (χ0) is 22.1. The van der Waals surface area contributed by atoms with Crippen LogP contribution in [-0.4, -0.2) is 25.1 Å². The molecule has 0 spiro atoms. The van der Waals surface area contributed by atoms with Crippen LogP contribution in [0.4, 0.5) is 5.69 Å². The Balaban J connectivity index is 1.63. The number of aryl methyl sites for hydroxylation is 1. The summed E-state index contributed by atoms with van der Waals surface area (Å²) in [6, 6.07) is 16.4. The number of hydrogen-bond acceptors (Lipinski definition) is 4. The van der Waals surface area contributed by atoms with E-state index in [1.807, 2.05) is 31.2 Å². The van der Waals surface area contributed by atoms with Crippen LogP contribution >= 0.6 is 11.6 Å². The molecule has 4 aromatic rings. The van der Waals surface area contributed by atoms with Crippen molar-refractivity contribution < 1.29 is 4.79 Å². The largest absolute Gasteiger partial charge is 0.352 e. The summed E-state index contributed by atoms with van der Waals surface area (Å²) < 4.78 is 2.55. The van der Waals surface area contributed by atoms with Crippen LogP contribution in [-0.2, 0) is 11.3 Å². The van der Waals surface area contributed by atoms with Gasteiger partial charge in [0.15, 0.2) is 5.65 Å². The second-order valence-corrected chi connectivity index (χ2v) is 8.12. The molecule has 4 rings (SSSR count). The molecule has 2 heterocycles. The summed E-state index contributed by atoms with van der Waals surface area (Å²) >= 11 is 5.98. The first kappa shape index (κ1) is 20.8. The zero-order valence-corrected chi connectivity index (χ0v) is 18.2. The minimum atomic E-state index is -0.433. The van der Waals surface area contributed by atoms with Crippen LogP contribution in [0.25, 0.3) is 17.0 Å². The molecule has 8 heteroatoms. The maximum absolute atomic E-state index is 13.0. The molecule has 0 atom stereocenters. The number of carbonyl (C=O) groups excluding carboxylic acids is 1. The molecule has 0 fully saturated rings. The smallest absolute Gasteiger partial charge is 0.324 e. The van der Waals surface area contributed by atoms with Crippen molar-refractivity contribution in [3.63, 3.8) is 0 Å². The zero-order valence-electron chi connectivity index (χ0n) is 17.5. The van der Waals surface area contributed by atoms with E-state index in [4.69, 9.17) is 11.6 Å². The van der Waals surface area contributed by atoms with E-state index in [1.165, 1.54) is 9.96 Å². The van der Waals surface area contributed by atoms with Gasteiger partial charge in [0.25, 0.3) is 0 Å². The molecule has 1 amide bonds. The first-order valence-corrected chi connectivity index (χ1v) is 10.3. The third-order valence-electron chi connectivity index (χ3n) is 4.95. The SMILES string of the molecule is Cc1cc2nn(CC(=O)Nc3ccc(C(C)C)cc3)c(=O)n2c(-c2ccc(Cl)cc2)n1. The summed E-state index contributed by atoms with van der Waals surface area (Å²) in [6.45, 7) is 5.85. The number of rotatable bonds is 5. The van der Waals surface area contributed by atoms with Crippen molar-refractivity contribution in [3.8, 4) is 11.4 Å².